The minimum absolute atomic E-state index is 0.0310. The number of aliphatic hydroxyl groups excluding tert-OH is 4. The Bertz CT molecular complexity index is 2490. The number of aliphatic carboxylic acids is 2. The summed E-state index contributed by atoms with van der Waals surface area (Å²) in [4.78, 5) is 101. The van der Waals surface area contributed by atoms with Gasteiger partial charge in [-0.2, -0.15) is 0 Å². The SMILES string of the molecule is C#CCOCCOCCOCCOCCC(=O)N(CCOCCN(C)C(=O)O[C@@H]([C@@H]1OC(C(=O)O)=C[C@H](N=C(N)N)[C@H]1C)[C@H](O)CO)CCOCCN(C)C(=O)O[C@@H]([C@@H]1OC(C(=O)O)=C[C@H](N=C(N)N)[C@H]1NC(C)=O)[C@H](O)CO.C=CCOCCN(C)C(=O)OC(C)(C)C. The number of hydrogen-bond donors (Lipinski definition) is 11. The second-order valence-corrected chi connectivity index (χ2v) is 21.8. The molecule has 0 fully saturated rings. The summed E-state index contributed by atoms with van der Waals surface area (Å²) >= 11 is 0. The molecule has 36 heteroatoms. The van der Waals surface area contributed by atoms with E-state index >= 15 is 0 Å². The van der Waals surface area contributed by atoms with E-state index in [1.54, 1.807) is 20.0 Å². The Kier molecular flexibility index (Phi) is 41.5. The quantitative estimate of drug-likeness (QED) is 0.00713. The number of likely N-dealkylation sites (N-methyl/N-ethyl adjacent to an activating group) is 3. The monoisotopic (exact) mass is 1350 g/mol. The number of carboxylic acid groups (broad SMARTS) is 2. The molecule has 0 radical (unpaired) electrons. The van der Waals surface area contributed by atoms with E-state index in [0.717, 1.165) is 28.9 Å². The minimum Gasteiger partial charge on any atom is -0.479 e. The Labute approximate surface area is 546 Å². The van der Waals surface area contributed by atoms with Crippen molar-refractivity contribution >= 4 is 54.0 Å². The number of ether oxygens (including phenoxy) is 12. The Morgan fingerprint density at radius 2 is 1.05 bits per heavy atom. The number of carboxylic acids is 2. The number of terminal acetylenes is 1. The summed E-state index contributed by atoms with van der Waals surface area (Å²) in [6.07, 6.45) is -3.34. The highest BCUT2D eigenvalue weighted by Crippen LogP contribution is 2.31. The lowest BCUT2D eigenvalue weighted by atomic mass is 9.87. The van der Waals surface area contributed by atoms with Crippen LogP contribution in [-0.2, 0) is 76.0 Å². The van der Waals surface area contributed by atoms with Gasteiger partial charge in [-0.15, -0.1) is 13.0 Å². The van der Waals surface area contributed by atoms with Gasteiger partial charge in [-0.25, -0.2) is 34.0 Å². The second kappa shape index (κ2) is 46.3. The molecule has 10 atom stereocenters. The third-order valence-electron chi connectivity index (χ3n) is 13.0. The van der Waals surface area contributed by atoms with Crippen LogP contribution in [0.1, 0.15) is 41.0 Å². The van der Waals surface area contributed by atoms with Crippen LogP contribution in [-0.4, -0.2) is 324 Å². The first-order valence-electron chi connectivity index (χ1n) is 29.8. The number of aliphatic imine (C=N–C) groups is 2. The summed E-state index contributed by atoms with van der Waals surface area (Å²) in [7, 11) is 4.36. The summed E-state index contributed by atoms with van der Waals surface area (Å²) in [6.45, 7) is 13.0. The Balaban J connectivity index is 0.00000259. The van der Waals surface area contributed by atoms with Crippen molar-refractivity contribution in [1.82, 2.24) is 24.9 Å². The fraction of sp³-hybridized carbons (Fsp3) is 0.707. The standard InChI is InChI=1S/C47H78N10O22.C11H21NO3/c1-6-12-70-18-20-74-22-23-75-21-19-71-13-7-36(63)57(10-16-72-14-8-55(4)46(68)78-39(32(61)26-58)38-28(2)30(53-44(48)49)24-34(76-38)42(64)65)11-17-73-15-9-56(5)47(69)79-40(33(62)27-59)41-37(52-29(3)60)31(54-45(50)51)25-35(77-41)43(66)67;1-6-8-14-9-7-12(5)10(13)15-11(2,3)4/h1,24-25,28,30-33,37-41,58-59,61-62H,7-23,26-27H2,2-5H3,(H,52,60)(H,64,65)(H,66,67)(H4,48,49,53)(H4,50,51,54);6H,1,7-9H2,2-5H3/t28-,30+,31+,32-,33-,37-,38-,39-,40-,41-;/m1./s1. The van der Waals surface area contributed by atoms with Gasteiger partial charge in [-0.1, -0.05) is 18.9 Å². The van der Waals surface area contributed by atoms with Gasteiger partial charge in [0.15, 0.2) is 30.2 Å². The molecule has 0 spiro atoms. The maximum Gasteiger partial charge on any atom is 0.410 e. The molecule has 0 aromatic rings. The number of nitrogens with zero attached hydrogens (tertiary/aromatic N) is 6. The van der Waals surface area contributed by atoms with E-state index in [1.807, 2.05) is 20.8 Å². The maximum absolute atomic E-state index is 13.5. The molecule has 0 saturated carbocycles. The van der Waals surface area contributed by atoms with Crippen LogP contribution >= 0.6 is 0 Å². The molecule has 2 aliphatic heterocycles. The fourth-order valence-electron chi connectivity index (χ4n) is 8.16. The molecule has 0 aromatic carbocycles. The number of nitrogens with one attached hydrogen (secondary N) is 1. The first-order valence-corrected chi connectivity index (χ1v) is 29.8. The van der Waals surface area contributed by atoms with Crippen LogP contribution in [0.2, 0.25) is 0 Å². The molecule has 2 rings (SSSR count). The van der Waals surface area contributed by atoms with Gasteiger partial charge in [0.05, 0.1) is 124 Å². The van der Waals surface area contributed by atoms with Gasteiger partial charge in [0, 0.05) is 66.7 Å². The van der Waals surface area contributed by atoms with Crippen molar-refractivity contribution in [3.8, 4) is 12.3 Å². The average molecular weight is 1350 g/mol. The smallest absolute Gasteiger partial charge is 0.410 e. The summed E-state index contributed by atoms with van der Waals surface area (Å²) in [5, 5.41) is 63.0. The summed E-state index contributed by atoms with van der Waals surface area (Å²) in [5.41, 5.74) is 21.7. The number of rotatable bonds is 43. The van der Waals surface area contributed by atoms with E-state index in [9.17, 15) is 64.2 Å². The Morgan fingerprint density at radius 3 is 1.49 bits per heavy atom. The van der Waals surface area contributed by atoms with Crippen molar-refractivity contribution < 1.29 is 121 Å². The number of hydrogen-bond acceptors (Lipinski definition) is 25. The van der Waals surface area contributed by atoms with Gasteiger partial charge in [-0.3, -0.25) is 9.59 Å². The van der Waals surface area contributed by atoms with Crippen LogP contribution in [0.25, 0.3) is 0 Å². The molecule has 0 saturated heterocycles. The normalized spacial score (nSPS) is 18.7. The molecule has 0 bridgehead atoms. The zero-order valence-corrected chi connectivity index (χ0v) is 54.8. The fourth-order valence-corrected chi connectivity index (χ4v) is 8.16. The van der Waals surface area contributed by atoms with Crippen molar-refractivity contribution in [3.05, 3.63) is 36.3 Å². The highest BCUT2D eigenvalue weighted by Gasteiger charge is 2.47. The third kappa shape index (κ3) is 34.4. The summed E-state index contributed by atoms with van der Waals surface area (Å²) in [5.74, 6) is -4.53. The number of nitrogens with two attached hydrogens (primary N) is 4. The molecule has 536 valence electrons. The zero-order valence-electron chi connectivity index (χ0n) is 54.8. The highest BCUT2D eigenvalue weighted by atomic mass is 16.6. The predicted octanol–water partition coefficient (Wildman–Crippen LogP) is -3.27. The van der Waals surface area contributed by atoms with Gasteiger partial charge in [0.1, 0.15) is 30.5 Å². The molecule has 0 unspecified atom stereocenters. The molecule has 0 aliphatic carbocycles. The van der Waals surface area contributed by atoms with E-state index in [4.69, 9.17) is 86.2 Å². The van der Waals surface area contributed by atoms with Crippen LogP contribution in [0.15, 0.2) is 46.3 Å². The molecule has 94 heavy (non-hydrogen) atoms. The highest BCUT2D eigenvalue weighted by molar-refractivity contribution is 5.86. The summed E-state index contributed by atoms with van der Waals surface area (Å²) < 4.78 is 65.6. The Morgan fingerprint density at radius 1 is 0.649 bits per heavy atom. The zero-order chi connectivity index (χ0) is 70.9. The first-order chi connectivity index (χ1) is 44.4. The van der Waals surface area contributed by atoms with E-state index in [0.29, 0.717) is 46.2 Å². The number of carbonyl (C=O) groups excluding carboxylic acids is 5. The number of carbonyl (C=O) groups is 7. The molecular weight excluding hydrogens is 1250 g/mol. The van der Waals surface area contributed by atoms with Crippen LogP contribution in [0.4, 0.5) is 14.4 Å². The third-order valence-corrected chi connectivity index (χ3v) is 13.0. The molecule has 5 amide bonds. The first kappa shape index (κ1) is 84.2. The predicted molar refractivity (Wildman–Crippen MR) is 334 cm³/mol. The van der Waals surface area contributed by atoms with Crippen LogP contribution in [0.3, 0.4) is 0 Å². The van der Waals surface area contributed by atoms with Crippen LogP contribution in [0, 0.1) is 18.3 Å². The van der Waals surface area contributed by atoms with Crippen molar-refractivity contribution in [3.63, 3.8) is 0 Å². The number of guanidine groups is 2. The van der Waals surface area contributed by atoms with Crippen molar-refractivity contribution in [2.45, 2.75) is 101 Å². The lowest BCUT2D eigenvalue weighted by Crippen LogP contribution is -2.61. The van der Waals surface area contributed by atoms with Gasteiger partial charge >= 0.3 is 30.2 Å². The average Bonchev–Trinajstić information content (AvgIpc) is 0.805. The molecule has 36 nitrogen and oxygen atoms in total. The van der Waals surface area contributed by atoms with Crippen molar-refractivity contribution in [2.75, 3.05) is 160 Å². The largest absolute Gasteiger partial charge is 0.479 e. The second-order valence-electron chi connectivity index (χ2n) is 21.8. The van der Waals surface area contributed by atoms with E-state index < -0.39 is 127 Å². The van der Waals surface area contributed by atoms with Gasteiger partial charge < -0.3 is 135 Å². The number of aliphatic hydroxyl groups is 4. The molecule has 0 aromatic heterocycles. The van der Waals surface area contributed by atoms with E-state index in [1.165, 1.54) is 23.9 Å². The lowest BCUT2D eigenvalue weighted by molar-refractivity contribution is -0.148. The Hall–Kier alpha value is -7.83. The molecule has 2 heterocycles. The van der Waals surface area contributed by atoms with Crippen LogP contribution in [0.5, 0.6) is 0 Å². The van der Waals surface area contributed by atoms with Gasteiger partial charge in [0.25, 0.3) is 0 Å². The van der Waals surface area contributed by atoms with Crippen LogP contribution < -0.4 is 28.3 Å². The molecule has 15 N–H and O–H groups in total. The lowest BCUT2D eigenvalue weighted by Gasteiger charge is -2.40. The van der Waals surface area contributed by atoms with E-state index in [2.05, 4.69) is 27.8 Å². The van der Waals surface area contributed by atoms with Gasteiger partial charge in [0.2, 0.25) is 23.3 Å². The minimum atomic E-state index is -1.85. The summed E-state index contributed by atoms with van der Waals surface area (Å²) in [6, 6.07) is -3.51. The molecule has 2 aliphatic rings. The van der Waals surface area contributed by atoms with Gasteiger partial charge in [-0.05, 0) is 32.9 Å². The van der Waals surface area contributed by atoms with Crippen molar-refractivity contribution in [2.24, 2.45) is 38.8 Å². The molecular formula is C58H99N11O25. The van der Waals surface area contributed by atoms with Crippen molar-refractivity contribution in [1.29, 1.82) is 0 Å². The topological polar surface area (TPSA) is 505 Å². The van der Waals surface area contributed by atoms with E-state index in [-0.39, 0.29) is 103 Å². The maximum atomic E-state index is 13.5. The number of amides is 5.